The van der Waals surface area contributed by atoms with Gasteiger partial charge in [-0.25, -0.2) is 4.79 Å². The summed E-state index contributed by atoms with van der Waals surface area (Å²) in [6.45, 7) is 0.337. The van der Waals surface area contributed by atoms with Gasteiger partial charge in [0.15, 0.2) is 22.9 Å². The summed E-state index contributed by atoms with van der Waals surface area (Å²) < 4.78 is 0. The van der Waals surface area contributed by atoms with E-state index in [1.807, 2.05) is 0 Å². The monoisotopic (exact) mass is 609 g/mol. The number of hydrogen-bond acceptors (Lipinski definition) is 12. The van der Waals surface area contributed by atoms with E-state index in [1.54, 1.807) is 31.1 Å². The predicted molar refractivity (Wildman–Crippen MR) is 157 cm³/mol. The van der Waals surface area contributed by atoms with Gasteiger partial charge in [-0.3, -0.25) is 14.5 Å². The van der Waals surface area contributed by atoms with E-state index in [1.165, 1.54) is 31.1 Å². The first-order chi connectivity index (χ1) is 20.6. The second kappa shape index (κ2) is 10.8. The molecule has 2 aromatic carbocycles. The Labute approximate surface area is 252 Å². The molecule has 4 atom stereocenters. The highest BCUT2D eigenvalue weighted by molar-refractivity contribution is 6.23. The number of allylic oxidation sites excluding steroid dienone is 1. The molecule has 0 spiro atoms. The van der Waals surface area contributed by atoms with Crippen LogP contribution in [0.1, 0.15) is 33.5 Å². The molecule has 3 aliphatic rings. The van der Waals surface area contributed by atoms with Crippen LogP contribution in [0.3, 0.4) is 0 Å². The fourth-order valence-electron chi connectivity index (χ4n) is 6.88. The summed E-state index contributed by atoms with van der Waals surface area (Å²) in [6.07, 6.45) is 0.113. The molecule has 0 aromatic heterocycles. The van der Waals surface area contributed by atoms with Gasteiger partial charge in [0.1, 0.15) is 22.8 Å². The average Bonchev–Trinajstić information content (AvgIpc) is 2.93. The number of rotatable bonds is 7. The number of carbonyl (C=O) groups excluding carboxylic acids is 2. The van der Waals surface area contributed by atoms with E-state index in [-0.39, 0.29) is 54.3 Å². The standard InChI is InChI=1S/C31H35N3O10/c1-33(2)18-10-15(12-32-11-13-5-6-19(35)20(36)7-13)25(37)22-16(18)8-14-9-17-24(34(3)4)27(39)23(30(42)43)29(41)31(17,44)28(40)21(14)26(22)38/h5-7,10,14,17,24,32,35-37,39-40,44H,8-9,11-12H2,1-4H3,(H,42,43)/t14-,17-,24-,31-/m0/s1. The summed E-state index contributed by atoms with van der Waals surface area (Å²) in [5, 5.41) is 77.6. The van der Waals surface area contributed by atoms with Crippen molar-refractivity contribution in [3.63, 3.8) is 0 Å². The topological polar surface area (TPSA) is 211 Å². The van der Waals surface area contributed by atoms with E-state index >= 15 is 0 Å². The maximum Gasteiger partial charge on any atom is 0.342 e. The summed E-state index contributed by atoms with van der Waals surface area (Å²) in [7, 11) is 6.62. The molecule has 5 rings (SSSR count). The molecule has 0 saturated heterocycles. The number of Topliss-reactive ketones (excluding diaryl/α,β-unsaturated/α-hetero) is 2. The maximum absolute atomic E-state index is 14.1. The summed E-state index contributed by atoms with van der Waals surface area (Å²) in [5.41, 5.74) is -2.10. The molecule has 2 aromatic rings. The molecule has 44 heavy (non-hydrogen) atoms. The second-order valence-electron chi connectivity index (χ2n) is 12.0. The van der Waals surface area contributed by atoms with Crippen LogP contribution in [0.4, 0.5) is 5.69 Å². The molecular weight excluding hydrogens is 574 g/mol. The van der Waals surface area contributed by atoms with Crippen LogP contribution in [-0.4, -0.2) is 98.0 Å². The van der Waals surface area contributed by atoms with Crippen molar-refractivity contribution in [3.05, 3.63) is 69.2 Å². The summed E-state index contributed by atoms with van der Waals surface area (Å²) in [5.74, 6) is -8.46. The average molecular weight is 610 g/mol. The van der Waals surface area contributed by atoms with Gasteiger partial charge in [0.2, 0.25) is 5.78 Å². The molecule has 13 nitrogen and oxygen atoms in total. The molecule has 0 radical (unpaired) electrons. The van der Waals surface area contributed by atoms with Gasteiger partial charge >= 0.3 is 5.97 Å². The number of fused-ring (bicyclic) bond motifs is 3. The summed E-state index contributed by atoms with van der Waals surface area (Å²) >= 11 is 0. The second-order valence-corrected chi connectivity index (χ2v) is 12.0. The Bertz CT molecular complexity index is 1660. The van der Waals surface area contributed by atoms with Gasteiger partial charge in [-0.1, -0.05) is 6.07 Å². The molecule has 234 valence electrons. The number of carboxylic acid groups (broad SMARTS) is 1. The number of carbonyl (C=O) groups is 3. The molecule has 0 aliphatic heterocycles. The number of hydrogen-bond donors (Lipinski definition) is 8. The van der Waals surface area contributed by atoms with Crippen molar-refractivity contribution in [2.24, 2.45) is 11.8 Å². The number of phenolic OH excluding ortho intramolecular Hbond substituents is 3. The lowest BCUT2D eigenvalue weighted by Gasteiger charge is -2.50. The molecule has 0 fully saturated rings. The fourth-order valence-corrected chi connectivity index (χ4v) is 6.88. The van der Waals surface area contributed by atoms with Crippen LogP contribution in [0.25, 0.3) is 0 Å². The zero-order valence-corrected chi connectivity index (χ0v) is 24.6. The van der Waals surface area contributed by atoms with Crippen LogP contribution < -0.4 is 10.2 Å². The number of aliphatic hydroxyl groups excluding tert-OH is 2. The molecule has 0 heterocycles. The number of likely N-dealkylation sites (N-methyl/N-ethyl adjacent to an activating group) is 1. The number of anilines is 1. The molecule has 13 heteroatoms. The molecule has 3 aliphatic carbocycles. The van der Waals surface area contributed by atoms with Gasteiger partial charge in [-0.15, -0.1) is 0 Å². The predicted octanol–water partition coefficient (Wildman–Crippen LogP) is 1.49. The lowest BCUT2D eigenvalue weighted by molar-refractivity contribution is -0.151. The van der Waals surface area contributed by atoms with Gasteiger partial charge in [-0.05, 0) is 62.2 Å². The number of ketones is 2. The largest absolute Gasteiger partial charge is 0.510 e. The van der Waals surface area contributed by atoms with Crippen molar-refractivity contribution in [1.29, 1.82) is 0 Å². The first kappa shape index (κ1) is 30.9. The number of aliphatic carboxylic acids is 1. The van der Waals surface area contributed by atoms with Crippen LogP contribution in [0.15, 0.2) is 46.9 Å². The Balaban J connectivity index is 1.58. The third kappa shape index (κ3) is 4.55. The Kier molecular flexibility index (Phi) is 7.60. The Morgan fingerprint density at radius 2 is 1.68 bits per heavy atom. The first-order valence-corrected chi connectivity index (χ1v) is 14.0. The van der Waals surface area contributed by atoms with Crippen molar-refractivity contribution in [2.75, 3.05) is 33.1 Å². The lowest BCUT2D eigenvalue weighted by atomic mass is 9.58. The third-order valence-corrected chi connectivity index (χ3v) is 8.91. The number of nitrogens with one attached hydrogen (secondary N) is 1. The van der Waals surface area contributed by atoms with Crippen LogP contribution >= 0.6 is 0 Å². The van der Waals surface area contributed by atoms with E-state index in [0.717, 1.165) is 0 Å². The smallest absolute Gasteiger partial charge is 0.342 e. The zero-order chi connectivity index (χ0) is 32.4. The van der Waals surface area contributed by atoms with E-state index in [0.29, 0.717) is 22.4 Å². The molecule has 8 N–H and O–H groups in total. The first-order valence-electron chi connectivity index (χ1n) is 14.0. The fraction of sp³-hybridized carbons (Fsp3) is 0.387. The van der Waals surface area contributed by atoms with Crippen molar-refractivity contribution in [3.8, 4) is 17.2 Å². The molecule has 0 bridgehead atoms. The van der Waals surface area contributed by atoms with Gasteiger partial charge in [0, 0.05) is 49.9 Å². The van der Waals surface area contributed by atoms with Crippen molar-refractivity contribution in [2.45, 2.75) is 37.6 Å². The van der Waals surface area contributed by atoms with Crippen LogP contribution in [-0.2, 0) is 29.1 Å². The van der Waals surface area contributed by atoms with Crippen LogP contribution in [0.2, 0.25) is 0 Å². The Morgan fingerprint density at radius 1 is 1.00 bits per heavy atom. The number of aliphatic hydroxyl groups is 3. The molecular formula is C31H35N3O10. The highest BCUT2D eigenvalue weighted by atomic mass is 16.4. The molecule has 0 amide bonds. The highest BCUT2D eigenvalue weighted by Crippen LogP contribution is 2.53. The van der Waals surface area contributed by atoms with Gasteiger partial charge in [0.25, 0.3) is 0 Å². The zero-order valence-electron chi connectivity index (χ0n) is 24.6. The van der Waals surface area contributed by atoms with Gasteiger partial charge < -0.3 is 46.0 Å². The quantitative estimate of drug-likeness (QED) is 0.165. The number of nitrogens with zero attached hydrogens (tertiary/aromatic N) is 2. The van der Waals surface area contributed by atoms with Crippen LogP contribution in [0, 0.1) is 11.8 Å². The van der Waals surface area contributed by atoms with E-state index in [9.17, 15) is 50.1 Å². The summed E-state index contributed by atoms with van der Waals surface area (Å²) in [6, 6.07) is 4.93. The molecule has 0 unspecified atom stereocenters. The van der Waals surface area contributed by atoms with Crippen molar-refractivity contribution >= 4 is 23.2 Å². The highest BCUT2D eigenvalue weighted by Gasteiger charge is 2.63. The number of benzene rings is 2. The van der Waals surface area contributed by atoms with Crippen LogP contribution in [0.5, 0.6) is 17.2 Å². The van der Waals surface area contributed by atoms with Crippen molar-refractivity contribution < 1.29 is 50.1 Å². The SMILES string of the molecule is CN(C)c1cc(CNCc2ccc(O)c(O)c2)c(O)c2c1C[C@H]1C[C@H]3[C@H](N(C)C)C(O)=C(C(=O)O)C(=O)[C@@]3(O)C(O)=C1C2=O. The minimum Gasteiger partial charge on any atom is -0.510 e. The van der Waals surface area contributed by atoms with E-state index < -0.39 is 58.1 Å². The minimum atomic E-state index is -2.79. The van der Waals surface area contributed by atoms with E-state index in [4.69, 9.17) is 0 Å². The third-order valence-electron chi connectivity index (χ3n) is 8.91. The van der Waals surface area contributed by atoms with Gasteiger partial charge in [-0.2, -0.15) is 0 Å². The van der Waals surface area contributed by atoms with Crippen molar-refractivity contribution in [1.82, 2.24) is 10.2 Å². The number of carboxylic acids is 1. The maximum atomic E-state index is 14.1. The normalized spacial score (nSPS) is 24.7. The van der Waals surface area contributed by atoms with E-state index in [2.05, 4.69) is 5.32 Å². The Hall–Kier alpha value is -4.59. The summed E-state index contributed by atoms with van der Waals surface area (Å²) in [4.78, 5) is 42.7. The lowest BCUT2D eigenvalue weighted by Crippen LogP contribution is -2.63. The minimum absolute atomic E-state index is 0.0387. The molecule has 0 saturated carbocycles. The van der Waals surface area contributed by atoms with Gasteiger partial charge in [0.05, 0.1) is 11.6 Å². The number of aromatic hydroxyl groups is 3. The number of phenols is 3. The Morgan fingerprint density at radius 3 is 2.27 bits per heavy atom.